The summed E-state index contributed by atoms with van der Waals surface area (Å²) in [5.41, 5.74) is 7.22. The van der Waals surface area contributed by atoms with Crippen LogP contribution in [0.25, 0.3) is 0 Å². The monoisotopic (exact) mass is 513 g/mol. The van der Waals surface area contributed by atoms with E-state index in [1.54, 1.807) is 11.9 Å². The van der Waals surface area contributed by atoms with Gasteiger partial charge >= 0.3 is 6.18 Å². The van der Waals surface area contributed by atoms with E-state index in [1.165, 1.54) is 6.07 Å². The number of halogens is 6. The zero-order valence-corrected chi connectivity index (χ0v) is 17.9. The smallest absolute Gasteiger partial charge is 0.369 e. The van der Waals surface area contributed by atoms with E-state index < -0.39 is 11.7 Å². The van der Waals surface area contributed by atoms with Gasteiger partial charge in [0.05, 0.1) is 15.7 Å². The van der Waals surface area contributed by atoms with Crippen molar-refractivity contribution in [3.63, 3.8) is 0 Å². The summed E-state index contributed by atoms with van der Waals surface area (Å²) in [5, 5.41) is 0. The molecular weight excluding hydrogens is 498 g/mol. The molecule has 0 aliphatic carbocycles. The molecule has 0 aliphatic heterocycles. The van der Waals surface area contributed by atoms with Gasteiger partial charge < -0.3 is 10.6 Å². The highest BCUT2D eigenvalue weighted by atomic mass is 79.9. The Morgan fingerprint density at radius 2 is 1.85 bits per heavy atom. The summed E-state index contributed by atoms with van der Waals surface area (Å²) in [4.78, 5) is 5.79. The Morgan fingerprint density at radius 1 is 1.19 bits per heavy atom. The van der Waals surface area contributed by atoms with E-state index >= 15 is 0 Å². The van der Waals surface area contributed by atoms with Crippen LogP contribution in [0.2, 0.25) is 0 Å². The van der Waals surface area contributed by atoms with Crippen LogP contribution >= 0.6 is 44.3 Å². The van der Waals surface area contributed by atoms with Crippen LogP contribution in [0.4, 0.5) is 24.5 Å². The molecule has 26 heavy (non-hydrogen) atoms. The Hall–Kier alpha value is -1.25. The molecule has 9 heteroatoms. The normalized spacial score (nSPS) is 11.9. The zero-order valence-electron chi connectivity index (χ0n) is 13.9. The number of rotatable bonds is 3. The van der Waals surface area contributed by atoms with E-state index in [0.29, 0.717) is 0 Å². The second-order valence-electron chi connectivity index (χ2n) is 5.34. The molecule has 3 nitrogen and oxygen atoms in total. The van der Waals surface area contributed by atoms with Crippen molar-refractivity contribution in [2.24, 2.45) is 10.7 Å². The predicted octanol–water partition coefficient (Wildman–Crippen LogP) is 6.30. The number of hydrogen-bond donors (Lipinski definition) is 1. The fourth-order valence-electron chi connectivity index (χ4n) is 2.18. The topological polar surface area (TPSA) is 41.6 Å². The zero-order chi connectivity index (χ0) is 18.8. The van der Waals surface area contributed by atoms with Gasteiger partial charge in [0.15, 0.2) is 0 Å². The van der Waals surface area contributed by atoms with Crippen LogP contribution in [-0.4, -0.2) is 13.0 Å². The highest BCUT2D eigenvalue weighted by Gasteiger charge is 2.34. The van der Waals surface area contributed by atoms with Crippen molar-refractivity contribution in [1.82, 2.24) is 0 Å². The number of guanidine groups is 1. The lowest BCUT2D eigenvalue weighted by Gasteiger charge is -2.19. The third kappa shape index (κ3) is 5.37. The number of anilines is 1. The third-order valence-electron chi connectivity index (χ3n) is 3.61. The van der Waals surface area contributed by atoms with E-state index in [4.69, 9.17) is 5.73 Å². The van der Waals surface area contributed by atoms with Crippen molar-refractivity contribution >= 4 is 61.6 Å². The van der Waals surface area contributed by atoms with E-state index in [2.05, 4.69) is 36.9 Å². The standard InChI is InChI=1S/C17H16Br2F3N3.ClH/c1-3-10-5-4-6-12(7-10)25(2)16(23)24-14-9-11(18)8-13(15(14)19)17(20,21)22;/h4-9H,3H2,1-2H3,(H2,23,24);1H. The van der Waals surface area contributed by atoms with Crippen LogP contribution in [0.1, 0.15) is 18.1 Å². The van der Waals surface area contributed by atoms with Gasteiger partial charge in [0.2, 0.25) is 5.96 Å². The molecule has 0 fully saturated rings. The van der Waals surface area contributed by atoms with Crippen molar-refractivity contribution in [2.75, 3.05) is 11.9 Å². The molecule has 2 N–H and O–H groups in total. The molecule has 2 rings (SSSR count). The summed E-state index contributed by atoms with van der Waals surface area (Å²) in [6.07, 6.45) is -3.63. The molecule has 0 bridgehead atoms. The molecule has 0 unspecified atom stereocenters. The first-order valence-electron chi connectivity index (χ1n) is 7.36. The summed E-state index contributed by atoms with van der Waals surface area (Å²) in [5.74, 6) is 0.0835. The first-order valence-corrected chi connectivity index (χ1v) is 8.95. The summed E-state index contributed by atoms with van der Waals surface area (Å²) in [6.45, 7) is 2.04. The molecule has 0 amide bonds. The molecule has 0 aromatic heterocycles. The van der Waals surface area contributed by atoms with Gasteiger partial charge in [-0.15, -0.1) is 12.4 Å². The second kappa shape index (κ2) is 9.10. The summed E-state index contributed by atoms with van der Waals surface area (Å²) < 4.78 is 39.5. The molecule has 0 atom stereocenters. The van der Waals surface area contributed by atoms with Gasteiger partial charge in [-0.2, -0.15) is 13.2 Å². The number of benzene rings is 2. The van der Waals surface area contributed by atoms with Gasteiger partial charge in [0.25, 0.3) is 0 Å². The maximum absolute atomic E-state index is 13.1. The minimum atomic E-state index is -4.50. The highest BCUT2D eigenvalue weighted by Crippen LogP contribution is 2.41. The van der Waals surface area contributed by atoms with Crippen molar-refractivity contribution in [1.29, 1.82) is 0 Å². The first-order chi connectivity index (χ1) is 11.6. The molecule has 0 saturated heterocycles. The van der Waals surface area contributed by atoms with Gasteiger partial charge in [-0.05, 0) is 52.2 Å². The SMILES string of the molecule is CCc1cccc(N(C)C(N)=Nc2cc(Br)cc(C(F)(F)F)c2Br)c1.Cl. The number of aliphatic imine (C=N–C) groups is 1. The van der Waals surface area contributed by atoms with E-state index in [0.717, 1.165) is 23.7 Å². The number of aryl methyl sites for hydroxylation is 1. The fraction of sp³-hybridized carbons (Fsp3) is 0.235. The van der Waals surface area contributed by atoms with Crippen LogP contribution in [0.15, 0.2) is 50.3 Å². The molecule has 0 aliphatic rings. The quantitative estimate of drug-likeness (QED) is 0.385. The number of alkyl halides is 3. The molecule has 0 radical (unpaired) electrons. The first kappa shape index (κ1) is 22.8. The van der Waals surface area contributed by atoms with Crippen molar-refractivity contribution < 1.29 is 13.2 Å². The van der Waals surface area contributed by atoms with E-state index in [9.17, 15) is 13.2 Å². The molecule has 0 saturated carbocycles. The average molecular weight is 516 g/mol. The summed E-state index contributed by atoms with van der Waals surface area (Å²) >= 11 is 6.07. The lowest BCUT2D eigenvalue weighted by Crippen LogP contribution is -2.33. The minimum absolute atomic E-state index is 0. The van der Waals surface area contributed by atoms with E-state index in [1.807, 2.05) is 31.2 Å². The fourth-order valence-corrected chi connectivity index (χ4v) is 3.17. The Labute approximate surface area is 173 Å². The molecule has 2 aromatic rings. The van der Waals surface area contributed by atoms with Crippen LogP contribution in [0, 0.1) is 0 Å². The number of hydrogen-bond acceptors (Lipinski definition) is 1. The van der Waals surface area contributed by atoms with Crippen molar-refractivity contribution in [3.8, 4) is 0 Å². The third-order valence-corrected chi connectivity index (χ3v) is 4.90. The van der Waals surface area contributed by atoms with Crippen LogP contribution in [0.5, 0.6) is 0 Å². The minimum Gasteiger partial charge on any atom is -0.369 e. The van der Waals surface area contributed by atoms with Crippen LogP contribution < -0.4 is 10.6 Å². The molecule has 0 heterocycles. The van der Waals surface area contributed by atoms with Crippen LogP contribution in [-0.2, 0) is 12.6 Å². The van der Waals surface area contributed by atoms with Gasteiger partial charge in [-0.3, -0.25) is 0 Å². The predicted molar refractivity (Wildman–Crippen MR) is 110 cm³/mol. The van der Waals surface area contributed by atoms with Gasteiger partial charge in [0.1, 0.15) is 0 Å². The maximum Gasteiger partial charge on any atom is 0.417 e. The van der Waals surface area contributed by atoms with Crippen molar-refractivity contribution in [2.45, 2.75) is 19.5 Å². The lowest BCUT2D eigenvalue weighted by molar-refractivity contribution is -0.138. The Bertz CT molecular complexity index is 810. The van der Waals surface area contributed by atoms with E-state index in [-0.39, 0.29) is 33.0 Å². The summed E-state index contributed by atoms with van der Waals surface area (Å²) in [7, 11) is 1.71. The molecule has 0 spiro atoms. The Balaban J connectivity index is 0.00000338. The molecule has 142 valence electrons. The Morgan fingerprint density at radius 3 is 2.42 bits per heavy atom. The highest BCUT2D eigenvalue weighted by molar-refractivity contribution is 9.11. The second-order valence-corrected chi connectivity index (χ2v) is 7.05. The summed E-state index contributed by atoms with van der Waals surface area (Å²) in [6, 6.07) is 10.2. The average Bonchev–Trinajstić information content (AvgIpc) is 2.56. The number of nitrogens with two attached hydrogens (primary N) is 1. The van der Waals surface area contributed by atoms with Crippen LogP contribution in [0.3, 0.4) is 0 Å². The Kier molecular flexibility index (Phi) is 7.98. The van der Waals surface area contributed by atoms with Gasteiger partial charge in [0, 0.05) is 17.2 Å². The maximum atomic E-state index is 13.1. The molecular formula is C17H17Br2ClF3N3. The molecule has 2 aromatic carbocycles. The lowest BCUT2D eigenvalue weighted by atomic mass is 10.1. The van der Waals surface area contributed by atoms with Gasteiger partial charge in [-0.25, -0.2) is 4.99 Å². The van der Waals surface area contributed by atoms with Crippen molar-refractivity contribution in [3.05, 3.63) is 56.5 Å². The van der Waals surface area contributed by atoms with Gasteiger partial charge in [-0.1, -0.05) is 35.0 Å². The number of nitrogens with zero attached hydrogens (tertiary/aromatic N) is 2. The largest absolute Gasteiger partial charge is 0.417 e.